The molecule has 2 aromatic carbocycles. The highest BCUT2D eigenvalue weighted by Gasteiger charge is 2.17. The van der Waals surface area contributed by atoms with Gasteiger partial charge in [-0.3, -0.25) is 0 Å². The van der Waals surface area contributed by atoms with Crippen molar-refractivity contribution in [3.8, 4) is 0 Å². The Kier molecular flexibility index (Phi) is 4.34. The predicted molar refractivity (Wildman–Crippen MR) is 73.4 cm³/mol. The molecule has 0 saturated heterocycles. The molecular formula is C15H15ClFN. The van der Waals surface area contributed by atoms with Crippen molar-refractivity contribution in [3.05, 3.63) is 70.5 Å². The number of hydrogen-bond donors (Lipinski definition) is 1. The van der Waals surface area contributed by atoms with Crippen LogP contribution in [0.25, 0.3) is 0 Å². The topological polar surface area (TPSA) is 12.0 Å². The molecule has 94 valence electrons. The summed E-state index contributed by atoms with van der Waals surface area (Å²) in [5.41, 5.74) is 1.68. The van der Waals surface area contributed by atoms with Crippen LogP contribution in [0, 0.1) is 5.82 Å². The molecule has 1 unspecified atom stereocenters. The van der Waals surface area contributed by atoms with Gasteiger partial charge < -0.3 is 5.32 Å². The molecule has 1 atom stereocenters. The van der Waals surface area contributed by atoms with E-state index in [0.717, 1.165) is 5.56 Å². The summed E-state index contributed by atoms with van der Waals surface area (Å²) in [6.45, 7) is 0. The second-order valence-corrected chi connectivity index (χ2v) is 4.57. The molecule has 0 aliphatic carbocycles. The minimum Gasteiger partial charge on any atom is -0.313 e. The molecule has 18 heavy (non-hydrogen) atoms. The minimum atomic E-state index is -0.266. The lowest BCUT2D eigenvalue weighted by Crippen LogP contribution is -2.20. The number of rotatable bonds is 4. The van der Waals surface area contributed by atoms with Crippen LogP contribution in [0.2, 0.25) is 5.02 Å². The maximum atomic E-state index is 13.9. The van der Waals surface area contributed by atoms with Crippen LogP contribution in [0.1, 0.15) is 17.2 Å². The summed E-state index contributed by atoms with van der Waals surface area (Å²) in [4.78, 5) is 0. The molecule has 0 aliphatic rings. The van der Waals surface area contributed by atoms with Gasteiger partial charge in [0.1, 0.15) is 5.82 Å². The molecule has 0 aliphatic heterocycles. The first kappa shape index (κ1) is 13.1. The van der Waals surface area contributed by atoms with E-state index in [1.165, 1.54) is 6.07 Å². The third-order valence-corrected chi connectivity index (χ3v) is 3.31. The molecule has 0 fully saturated rings. The van der Waals surface area contributed by atoms with E-state index in [9.17, 15) is 4.39 Å². The third kappa shape index (κ3) is 2.89. The second-order valence-electron chi connectivity index (χ2n) is 4.17. The largest absolute Gasteiger partial charge is 0.313 e. The highest BCUT2D eigenvalue weighted by molar-refractivity contribution is 6.31. The van der Waals surface area contributed by atoms with Gasteiger partial charge in [0.2, 0.25) is 0 Å². The number of halogens is 2. The number of benzene rings is 2. The molecule has 0 radical (unpaired) electrons. The van der Waals surface area contributed by atoms with Gasteiger partial charge in [-0.05, 0) is 31.2 Å². The zero-order valence-corrected chi connectivity index (χ0v) is 10.9. The average Bonchev–Trinajstić information content (AvgIpc) is 2.38. The molecule has 2 aromatic rings. The van der Waals surface area contributed by atoms with Crippen molar-refractivity contribution in [2.24, 2.45) is 0 Å². The summed E-state index contributed by atoms with van der Waals surface area (Å²) >= 11 is 6.09. The van der Waals surface area contributed by atoms with Gasteiger partial charge in [0.05, 0.1) is 0 Å². The molecular weight excluding hydrogens is 249 g/mol. The van der Waals surface area contributed by atoms with Gasteiger partial charge in [-0.25, -0.2) is 4.39 Å². The SMILES string of the molecule is CNC(Cc1ccccc1)c1c(F)cccc1Cl. The first-order chi connectivity index (χ1) is 8.72. The standard InChI is InChI=1S/C15H15ClFN/c1-18-14(10-11-6-3-2-4-7-11)15-12(16)8-5-9-13(15)17/h2-9,14,18H,10H2,1H3. The van der Waals surface area contributed by atoms with Crippen molar-refractivity contribution in [2.45, 2.75) is 12.5 Å². The molecule has 0 aromatic heterocycles. The monoisotopic (exact) mass is 263 g/mol. The van der Waals surface area contributed by atoms with Crippen LogP contribution in [0.15, 0.2) is 48.5 Å². The Hall–Kier alpha value is -1.38. The van der Waals surface area contributed by atoms with E-state index in [2.05, 4.69) is 5.32 Å². The van der Waals surface area contributed by atoms with E-state index < -0.39 is 0 Å². The molecule has 0 saturated carbocycles. The lowest BCUT2D eigenvalue weighted by Gasteiger charge is -2.18. The maximum Gasteiger partial charge on any atom is 0.129 e. The van der Waals surface area contributed by atoms with Crippen LogP contribution in [0.3, 0.4) is 0 Å². The van der Waals surface area contributed by atoms with Crippen LogP contribution in [0.5, 0.6) is 0 Å². The van der Waals surface area contributed by atoms with Gasteiger partial charge in [0.15, 0.2) is 0 Å². The molecule has 1 N–H and O–H groups in total. The first-order valence-corrected chi connectivity index (χ1v) is 6.25. The van der Waals surface area contributed by atoms with Gasteiger partial charge in [-0.1, -0.05) is 48.0 Å². The molecule has 2 rings (SSSR count). The fraction of sp³-hybridized carbons (Fsp3) is 0.200. The highest BCUT2D eigenvalue weighted by Crippen LogP contribution is 2.28. The van der Waals surface area contributed by atoms with Gasteiger partial charge in [-0.2, -0.15) is 0 Å². The summed E-state index contributed by atoms with van der Waals surface area (Å²) in [5, 5.41) is 3.59. The fourth-order valence-corrected chi connectivity index (χ4v) is 2.34. The van der Waals surface area contributed by atoms with Crippen LogP contribution in [0.4, 0.5) is 4.39 Å². The van der Waals surface area contributed by atoms with Crippen molar-refractivity contribution < 1.29 is 4.39 Å². The first-order valence-electron chi connectivity index (χ1n) is 5.87. The van der Waals surface area contributed by atoms with E-state index in [0.29, 0.717) is 17.0 Å². The predicted octanol–water partition coefficient (Wildman–Crippen LogP) is 3.98. The van der Waals surface area contributed by atoms with E-state index >= 15 is 0 Å². The summed E-state index contributed by atoms with van der Waals surface area (Å²) < 4.78 is 13.9. The lowest BCUT2D eigenvalue weighted by atomic mass is 9.98. The zero-order chi connectivity index (χ0) is 13.0. The van der Waals surface area contributed by atoms with Crippen LogP contribution >= 0.6 is 11.6 Å². The minimum absolute atomic E-state index is 0.124. The lowest BCUT2D eigenvalue weighted by molar-refractivity contribution is 0.534. The summed E-state index contributed by atoms with van der Waals surface area (Å²) in [5.74, 6) is -0.266. The Morgan fingerprint density at radius 2 is 1.83 bits per heavy atom. The van der Waals surface area contributed by atoms with Gasteiger partial charge >= 0.3 is 0 Å². The maximum absolute atomic E-state index is 13.9. The van der Waals surface area contributed by atoms with Crippen molar-refractivity contribution in [1.29, 1.82) is 0 Å². The Morgan fingerprint density at radius 3 is 2.44 bits per heavy atom. The van der Waals surface area contributed by atoms with Crippen molar-refractivity contribution in [2.75, 3.05) is 7.05 Å². The molecule has 0 heterocycles. The molecule has 0 spiro atoms. The van der Waals surface area contributed by atoms with Crippen LogP contribution in [-0.2, 0) is 6.42 Å². The Bertz CT molecular complexity index is 493. The molecule has 3 heteroatoms. The number of hydrogen-bond acceptors (Lipinski definition) is 1. The Labute approximate surface area is 112 Å². The smallest absolute Gasteiger partial charge is 0.129 e. The second kappa shape index (κ2) is 5.98. The fourth-order valence-electron chi connectivity index (χ4n) is 2.04. The van der Waals surface area contributed by atoms with Gasteiger partial charge in [-0.15, -0.1) is 0 Å². The molecule has 0 amide bonds. The number of likely N-dealkylation sites (N-methyl/N-ethyl adjacent to an activating group) is 1. The normalized spacial score (nSPS) is 12.4. The van der Waals surface area contributed by atoms with E-state index in [1.54, 1.807) is 12.1 Å². The van der Waals surface area contributed by atoms with Gasteiger partial charge in [0, 0.05) is 16.6 Å². The molecule has 0 bridgehead atoms. The number of nitrogens with one attached hydrogen (secondary N) is 1. The summed E-state index contributed by atoms with van der Waals surface area (Å²) in [6.07, 6.45) is 0.706. The summed E-state index contributed by atoms with van der Waals surface area (Å²) in [7, 11) is 1.82. The Morgan fingerprint density at radius 1 is 1.11 bits per heavy atom. The Balaban J connectivity index is 2.29. The average molecular weight is 264 g/mol. The highest BCUT2D eigenvalue weighted by atomic mass is 35.5. The van der Waals surface area contributed by atoms with Crippen molar-refractivity contribution >= 4 is 11.6 Å². The van der Waals surface area contributed by atoms with E-state index in [4.69, 9.17) is 11.6 Å². The van der Waals surface area contributed by atoms with Crippen LogP contribution < -0.4 is 5.32 Å². The molecule has 1 nitrogen and oxygen atoms in total. The van der Waals surface area contributed by atoms with E-state index in [-0.39, 0.29) is 11.9 Å². The van der Waals surface area contributed by atoms with E-state index in [1.807, 2.05) is 37.4 Å². The zero-order valence-electron chi connectivity index (χ0n) is 10.2. The van der Waals surface area contributed by atoms with Crippen LogP contribution in [-0.4, -0.2) is 7.05 Å². The third-order valence-electron chi connectivity index (χ3n) is 2.98. The quantitative estimate of drug-likeness (QED) is 0.880. The van der Waals surface area contributed by atoms with Gasteiger partial charge in [0.25, 0.3) is 0 Å². The van der Waals surface area contributed by atoms with Crippen molar-refractivity contribution in [1.82, 2.24) is 5.32 Å². The summed E-state index contributed by atoms with van der Waals surface area (Å²) in [6, 6.07) is 14.6. The van der Waals surface area contributed by atoms with Crippen molar-refractivity contribution in [3.63, 3.8) is 0 Å².